The van der Waals surface area contributed by atoms with Crippen molar-refractivity contribution >= 4 is 28.3 Å². The lowest BCUT2D eigenvalue weighted by molar-refractivity contribution is -0.114. The number of nitrogens with one attached hydrogen (secondary N) is 2. The molecule has 1 aliphatic heterocycles. The summed E-state index contributed by atoms with van der Waals surface area (Å²) in [5, 5.41) is 10.9. The van der Waals surface area contributed by atoms with E-state index in [1.165, 1.54) is 6.92 Å². The number of aromatic nitrogens is 4. The van der Waals surface area contributed by atoms with E-state index in [1.54, 1.807) is 12.4 Å². The van der Waals surface area contributed by atoms with Gasteiger partial charge in [-0.3, -0.25) is 14.9 Å². The van der Waals surface area contributed by atoms with Gasteiger partial charge >= 0.3 is 0 Å². The van der Waals surface area contributed by atoms with Crippen LogP contribution in [-0.4, -0.2) is 52.4 Å². The number of benzene rings is 1. The molecule has 3 aromatic heterocycles. The van der Waals surface area contributed by atoms with Gasteiger partial charge in [0.15, 0.2) is 0 Å². The summed E-state index contributed by atoms with van der Waals surface area (Å²) >= 11 is 0. The number of hydrogen-bond acceptors (Lipinski definition) is 6. The predicted octanol–water partition coefficient (Wildman–Crippen LogP) is 3.48. The lowest BCUT2D eigenvalue weighted by Crippen LogP contribution is -2.36. The molecule has 0 bridgehead atoms. The summed E-state index contributed by atoms with van der Waals surface area (Å²) < 4.78 is 5.52. The molecule has 31 heavy (non-hydrogen) atoms. The number of carbonyl (C=O) groups excluding carboxylic acids is 1. The second-order valence-electron chi connectivity index (χ2n) is 7.42. The first-order chi connectivity index (χ1) is 15.2. The maximum Gasteiger partial charge on any atom is 0.221 e. The second-order valence-corrected chi connectivity index (χ2v) is 7.42. The first-order valence-corrected chi connectivity index (χ1v) is 10.2. The molecule has 0 radical (unpaired) electrons. The zero-order chi connectivity index (χ0) is 21.2. The summed E-state index contributed by atoms with van der Waals surface area (Å²) in [6.07, 6.45) is 3.50. The van der Waals surface area contributed by atoms with E-state index in [0.717, 1.165) is 58.0 Å². The van der Waals surface area contributed by atoms with Crippen LogP contribution >= 0.6 is 0 Å². The lowest BCUT2D eigenvalue weighted by Gasteiger charge is -2.28. The summed E-state index contributed by atoms with van der Waals surface area (Å²) in [6.45, 7) is 4.42. The maximum atomic E-state index is 11.6. The van der Waals surface area contributed by atoms with Crippen molar-refractivity contribution in [2.75, 3.05) is 36.5 Å². The molecule has 0 saturated carbocycles. The Labute approximate surface area is 179 Å². The van der Waals surface area contributed by atoms with Gasteiger partial charge in [-0.05, 0) is 41.5 Å². The van der Waals surface area contributed by atoms with E-state index < -0.39 is 0 Å². The number of hydrogen-bond donors (Lipinski definition) is 2. The van der Waals surface area contributed by atoms with E-state index in [2.05, 4.69) is 31.5 Å². The zero-order valence-corrected chi connectivity index (χ0v) is 17.1. The molecule has 1 fully saturated rings. The van der Waals surface area contributed by atoms with Crippen LogP contribution in [0.15, 0.2) is 54.9 Å². The van der Waals surface area contributed by atoms with Crippen molar-refractivity contribution in [1.82, 2.24) is 20.2 Å². The van der Waals surface area contributed by atoms with E-state index >= 15 is 0 Å². The van der Waals surface area contributed by atoms with Gasteiger partial charge < -0.3 is 15.0 Å². The number of fused-ring (bicyclic) bond motifs is 1. The Balaban J connectivity index is 1.73. The minimum absolute atomic E-state index is 0.100. The molecule has 156 valence electrons. The smallest absolute Gasteiger partial charge is 0.221 e. The van der Waals surface area contributed by atoms with Crippen molar-refractivity contribution in [3.63, 3.8) is 0 Å². The standard InChI is InChI=1S/C23H22N6O2/c1-15(30)26-17-4-2-3-16(13-17)19-14-21(29-9-11-31-12-10-29)27-22-18(19)5-7-24-23(22)20-6-8-25-28-20/h2-8,13-14H,9-12H2,1H3,(H,25,28)(H,26,30). The molecule has 8 heteroatoms. The summed E-state index contributed by atoms with van der Waals surface area (Å²) in [6, 6.07) is 13.8. The van der Waals surface area contributed by atoms with Crippen molar-refractivity contribution in [2.45, 2.75) is 6.92 Å². The van der Waals surface area contributed by atoms with Crippen LogP contribution in [0.3, 0.4) is 0 Å². The van der Waals surface area contributed by atoms with Gasteiger partial charge in [0.1, 0.15) is 17.0 Å². The van der Waals surface area contributed by atoms with Crippen LogP contribution in [0.2, 0.25) is 0 Å². The quantitative estimate of drug-likeness (QED) is 0.531. The van der Waals surface area contributed by atoms with Gasteiger partial charge in [0.25, 0.3) is 0 Å². The van der Waals surface area contributed by atoms with Gasteiger partial charge in [-0.25, -0.2) is 4.98 Å². The first-order valence-electron chi connectivity index (χ1n) is 10.2. The van der Waals surface area contributed by atoms with Gasteiger partial charge in [0, 0.05) is 43.5 Å². The van der Waals surface area contributed by atoms with E-state index in [9.17, 15) is 4.79 Å². The summed E-state index contributed by atoms with van der Waals surface area (Å²) in [5.74, 6) is 0.779. The Kier molecular flexibility index (Phi) is 5.05. The molecular weight excluding hydrogens is 392 g/mol. The molecule has 1 aliphatic rings. The summed E-state index contributed by atoms with van der Waals surface area (Å²) in [4.78, 5) is 23.4. The third kappa shape index (κ3) is 3.85. The summed E-state index contributed by atoms with van der Waals surface area (Å²) in [5.41, 5.74) is 5.15. The third-order valence-corrected chi connectivity index (χ3v) is 5.30. The first kappa shape index (κ1) is 19.2. The Morgan fingerprint density at radius 1 is 1.13 bits per heavy atom. The fraction of sp³-hybridized carbons (Fsp3) is 0.217. The van der Waals surface area contributed by atoms with E-state index in [1.807, 2.05) is 36.4 Å². The van der Waals surface area contributed by atoms with Crippen LogP contribution in [0, 0.1) is 0 Å². The number of nitrogens with zero attached hydrogens (tertiary/aromatic N) is 4. The number of morpholine rings is 1. The molecule has 4 heterocycles. The van der Waals surface area contributed by atoms with Crippen molar-refractivity contribution in [2.24, 2.45) is 0 Å². The molecule has 5 rings (SSSR count). The van der Waals surface area contributed by atoms with Crippen molar-refractivity contribution in [3.8, 4) is 22.5 Å². The Bertz CT molecular complexity index is 1230. The molecule has 1 aromatic carbocycles. The molecule has 1 saturated heterocycles. The predicted molar refractivity (Wildman–Crippen MR) is 120 cm³/mol. The Morgan fingerprint density at radius 3 is 2.77 bits per heavy atom. The van der Waals surface area contributed by atoms with Gasteiger partial charge in [-0.1, -0.05) is 12.1 Å². The average molecular weight is 414 g/mol. The summed E-state index contributed by atoms with van der Waals surface area (Å²) in [7, 11) is 0. The minimum Gasteiger partial charge on any atom is -0.378 e. The normalized spacial score (nSPS) is 14.0. The number of rotatable bonds is 4. The molecule has 1 amide bonds. The SMILES string of the molecule is CC(=O)Nc1cccc(-c2cc(N3CCOCC3)nc3c(-c4ccn[nH]4)nccc23)c1. The fourth-order valence-electron chi connectivity index (χ4n) is 3.88. The van der Waals surface area contributed by atoms with Crippen LogP contribution in [-0.2, 0) is 9.53 Å². The number of anilines is 2. The highest BCUT2D eigenvalue weighted by Crippen LogP contribution is 2.35. The van der Waals surface area contributed by atoms with E-state index in [4.69, 9.17) is 9.72 Å². The van der Waals surface area contributed by atoms with Crippen molar-refractivity contribution < 1.29 is 9.53 Å². The van der Waals surface area contributed by atoms with Gasteiger partial charge in [-0.2, -0.15) is 5.10 Å². The molecular formula is C23H22N6O2. The maximum absolute atomic E-state index is 11.6. The molecule has 2 N–H and O–H groups in total. The fourth-order valence-corrected chi connectivity index (χ4v) is 3.88. The number of H-pyrrole nitrogens is 1. The minimum atomic E-state index is -0.100. The highest BCUT2D eigenvalue weighted by Gasteiger charge is 2.19. The number of pyridine rings is 2. The van der Waals surface area contributed by atoms with Crippen LogP contribution in [0.5, 0.6) is 0 Å². The van der Waals surface area contributed by atoms with Crippen LogP contribution in [0.1, 0.15) is 6.92 Å². The number of aromatic amines is 1. The molecule has 8 nitrogen and oxygen atoms in total. The monoisotopic (exact) mass is 414 g/mol. The highest BCUT2D eigenvalue weighted by atomic mass is 16.5. The third-order valence-electron chi connectivity index (χ3n) is 5.30. The molecule has 0 atom stereocenters. The molecule has 4 aromatic rings. The van der Waals surface area contributed by atoms with Crippen molar-refractivity contribution in [3.05, 3.63) is 54.9 Å². The molecule has 0 unspecified atom stereocenters. The zero-order valence-electron chi connectivity index (χ0n) is 17.1. The van der Waals surface area contributed by atoms with Crippen LogP contribution in [0.4, 0.5) is 11.5 Å². The second kappa shape index (κ2) is 8.16. The Morgan fingerprint density at radius 2 is 2.00 bits per heavy atom. The average Bonchev–Trinajstić information content (AvgIpc) is 3.33. The van der Waals surface area contributed by atoms with Crippen molar-refractivity contribution in [1.29, 1.82) is 0 Å². The van der Waals surface area contributed by atoms with Crippen LogP contribution in [0.25, 0.3) is 33.4 Å². The molecule has 0 spiro atoms. The van der Waals surface area contributed by atoms with Crippen LogP contribution < -0.4 is 10.2 Å². The molecule has 0 aliphatic carbocycles. The van der Waals surface area contributed by atoms with Gasteiger partial charge in [0.2, 0.25) is 5.91 Å². The largest absolute Gasteiger partial charge is 0.378 e. The number of carbonyl (C=O) groups is 1. The number of ether oxygens (including phenoxy) is 1. The lowest BCUT2D eigenvalue weighted by atomic mass is 9.99. The highest BCUT2D eigenvalue weighted by molar-refractivity contribution is 6.02. The van der Waals surface area contributed by atoms with Gasteiger partial charge in [0.05, 0.1) is 18.9 Å². The topological polar surface area (TPSA) is 96.0 Å². The van der Waals surface area contributed by atoms with E-state index in [0.29, 0.717) is 13.2 Å². The number of amides is 1. The van der Waals surface area contributed by atoms with E-state index in [-0.39, 0.29) is 5.91 Å². The van der Waals surface area contributed by atoms with Gasteiger partial charge in [-0.15, -0.1) is 0 Å². The Hall–Kier alpha value is -3.78.